The molecule has 0 saturated heterocycles. The highest BCUT2D eigenvalue weighted by atomic mass is 16.5. The first-order valence-electron chi connectivity index (χ1n) is 7.65. The van der Waals surface area contributed by atoms with E-state index in [0.717, 1.165) is 25.1 Å². The van der Waals surface area contributed by atoms with Crippen molar-refractivity contribution in [1.29, 1.82) is 0 Å². The summed E-state index contributed by atoms with van der Waals surface area (Å²) in [5, 5.41) is 3.50. The minimum atomic E-state index is 0.0904. The van der Waals surface area contributed by atoms with E-state index >= 15 is 0 Å². The first-order chi connectivity index (χ1) is 9.15. The molecule has 0 atom stereocenters. The number of para-hydroxylation sites is 1. The summed E-state index contributed by atoms with van der Waals surface area (Å²) in [5.41, 5.74) is 1.42. The summed E-state index contributed by atoms with van der Waals surface area (Å²) in [4.78, 5) is 0. The van der Waals surface area contributed by atoms with Gasteiger partial charge < -0.3 is 10.1 Å². The Hall–Kier alpha value is -1.02. The van der Waals surface area contributed by atoms with Gasteiger partial charge in [0.15, 0.2) is 0 Å². The van der Waals surface area contributed by atoms with Crippen LogP contribution < -0.4 is 10.1 Å². The van der Waals surface area contributed by atoms with Crippen LogP contribution in [-0.4, -0.2) is 18.2 Å². The molecule has 1 fully saturated rings. The van der Waals surface area contributed by atoms with Crippen LogP contribution in [0.4, 0.5) is 0 Å². The minimum absolute atomic E-state index is 0.0904. The van der Waals surface area contributed by atoms with Crippen LogP contribution in [0.2, 0.25) is 0 Å². The van der Waals surface area contributed by atoms with Crippen molar-refractivity contribution in [2.75, 3.05) is 6.54 Å². The summed E-state index contributed by atoms with van der Waals surface area (Å²) in [6, 6.07) is 9.02. The first-order valence-corrected chi connectivity index (χ1v) is 7.65. The molecule has 2 nitrogen and oxygen atoms in total. The Kier molecular flexibility index (Phi) is 4.87. The molecule has 1 aliphatic rings. The highest BCUT2D eigenvalue weighted by Crippen LogP contribution is 2.40. The standard InChI is InChI=1S/C17H27NO/c1-4-15-8-5-6-9-16(15)19-17(10-7-11-17)12-13-18-14(2)3/h5-6,8-9,14,18H,4,7,10-13H2,1-3H3. The van der Waals surface area contributed by atoms with E-state index in [0.29, 0.717) is 6.04 Å². The molecule has 0 unspecified atom stereocenters. The lowest BCUT2D eigenvalue weighted by Gasteiger charge is -2.42. The molecule has 0 aliphatic heterocycles. The first kappa shape index (κ1) is 14.4. The van der Waals surface area contributed by atoms with E-state index < -0.39 is 0 Å². The van der Waals surface area contributed by atoms with Gasteiger partial charge in [0.05, 0.1) is 0 Å². The minimum Gasteiger partial charge on any atom is -0.487 e. The molecule has 1 aromatic rings. The maximum atomic E-state index is 6.40. The van der Waals surface area contributed by atoms with Gasteiger partial charge in [-0.25, -0.2) is 0 Å². The summed E-state index contributed by atoms with van der Waals surface area (Å²) < 4.78 is 6.40. The van der Waals surface area contributed by atoms with Crippen LogP contribution in [0, 0.1) is 0 Å². The van der Waals surface area contributed by atoms with E-state index in [4.69, 9.17) is 4.74 Å². The molecular weight excluding hydrogens is 234 g/mol. The SMILES string of the molecule is CCc1ccccc1OC1(CCNC(C)C)CCC1. The Morgan fingerprint density at radius 1 is 1.26 bits per heavy atom. The number of aryl methyl sites for hydroxylation is 1. The fourth-order valence-electron chi connectivity index (χ4n) is 2.69. The van der Waals surface area contributed by atoms with Gasteiger partial charge in [0, 0.05) is 6.04 Å². The highest BCUT2D eigenvalue weighted by Gasteiger charge is 2.39. The Labute approximate surface area is 117 Å². The molecule has 1 N–H and O–H groups in total. The Bertz CT molecular complexity index is 396. The molecule has 0 heterocycles. The molecule has 2 heteroatoms. The van der Waals surface area contributed by atoms with Crippen molar-refractivity contribution in [2.24, 2.45) is 0 Å². The number of benzene rings is 1. The van der Waals surface area contributed by atoms with E-state index in [1.807, 2.05) is 0 Å². The number of rotatable bonds is 7. The van der Waals surface area contributed by atoms with Crippen LogP contribution in [0.5, 0.6) is 5.75 Å². The number of hydrogen-bond acceptors (Lipinski definition) is 2. The summed E-state index contributed by atoms with van der Waals surface area (Å²) in [6.07, 6.45) is 5.85. The van der Waals surface area contributed by atoms with E-state index in [-0.39, 0.29) is 5.60 Å². The van der Waals surface area contributed by atoms with Crippen LogP contribution in [0.3, 0.4) is 0 Å². The van der Waals surface area contributed by atoms with Gasteiger partial charge >= 0.3 is 0 Å². The van der Waals surface area contributed by atoms with Crippen molar-refractivity contribution in [3.05, 3.63) is 29.8 Å². The largest absolute Gasteiger partial charge is 0.487 e. The second-order valence-electron chi connectivity index (χ2n) is 5.96. The van der Waals surface area contributed by atoms with Gasteiger partial charge in [-0.1, -0.05) is 39.0 Å². The smallest absolute Gasteiger partial charge is 0.123 e. The van der Waals surface area contributed by atoms with Gasteiger partial charge in [0.1, 0.15) is 11.4 Å². The molecule has 19 heavy (non-hydrogen) atoms. The molecule has 1 aliphatic carbocycles. The number of ether oxygens (including phenoxy) is 1. The van der Waals surface area contributed by atoms with Crippen molar-refractivity contribution in [2.45, 2.75) is 64.5 Å². The normalized spacial score (nSPS) is 17.3. The van der Waals surface area contributed by atoms with E-state index in [2.05, 4.69) is 50.4 Å². The monoisotopic (exact) mass is 261 g/mol. The molecule has 0 amide bonds. The highest BCUT2D eigenvalue weighted by molar-refractivity contribution is 5.34. The fourth-order valence-corrected chi connectivity index (χ4v) is 2.69. The van der Waals surface area contributed by atoms with Crippen LogP contribution in [0.15, 0.2) is 24.3 Å². The predicted octanol–water partition coefficient (Wildman–Crippen LogP) is 3.94. The van der Waals surface area contributed by atoms with Crippen molar-refractivity contribution < 1.29 is 4.74 Å². The average Bonchev–Trinajstić information content (AvgIpc) is 2.35. The lowest BCUT2D eigenvalue weighted by atomic mass is 9.77. The van der Waals surface area contributed by atoms with Crippen LogP contribution in [-0.2, 0) is 6.42 Å². The molecule has 106 valence electrons. The maximum Gasteiger partial charge on any atom is 0.123 e. The quantitative estimate of drug-likeness (QED) is 0.802. The summed E-state index contributed by atoms with van der Waals surface area (Å²) in [7, 11) is 0. The zero-order valence-corrected chi connectivity index (χ0v) is 12.5. The molecule has 0 spiro atoms. The third kappa shape index (κ3) is 3.73. The van der Waals surface area contributed by atoms with Crippen molar-refractivity contribution >= 4 is 0 Å². The fraction of sp³-hybridized carbons (Fsp3) is 0.647. The third-order valence-corrected chi connectivity index (χ3v) is 4.08. The van der Waals surface area contributed by atoms with Gasteiger partial charge in [-0.05, 0) is 50.3 Å². The maximum absolute atomic E-state index is 6.40. The third-order valence-electron chi connectivity index (χ3n) is 4.08. The van der Waals surface area contributed by atoms with Crippen molar-refractivity contribution in [3.63, 3.8) is 0 Å². The second-order valence-corrected chi connectivity index (χ2v) is 5.96. The molecule has 0 bridgehead atoms. The molecule has 1 saturated carbocycles. The average molecular weight is 261 g/mol. The van der Waals surface area contributed by atoms with Gasteiger partial charge in [0.2, 0.25) is 0 Å². The van der Waals surface area contributed by atoms with Gasteiger partial charge in [0.25, 0.3) is 0 Å². The van der Waals surface area contributed by atoms with Crippen LogP contribution in [0.1, 0.15) is 52.0 Å². The molecule has 0 aromatic heterocycles. The molecular formula is C17H27NO. The van der Waals surface area contributed by atoms with Crippen LogP contribution >= 0.6 is 0 Å². The predicted molar refractivity (Wildman–Crippen MR) is 80.8 cm³/mol. The van der Waals surface area contributed by atoms with E-state index in [1.54, 1.807) is 0 Å². The Morgan fingerprint density at radius 2 is 2.00 bits per heavy atom. The van der Waals surface area contributed by atoms with E-state index in [1.165, 1.54) is 24.8 Å². The summed E-state index contributed by atoms with van der Waals surface area (Å²) in [5.74, 6) is 1.09. The lowest BCUT2D eigenvalue weighted by Crippen LogP contribution is -2.46. The van der Waals surface area contributed by atoms with Crippen molar-refractivity contribution in [1.82, 2.24) is 5.32 Å². The molecule has 2 rings (SSSR count). The zero-order valence-electron chi connectivity index (χ0n) is 12.5. The summed E-state index contributed by atoms with van der Waals surface area (Å²) >= 11 is 0. The Morgan fingerprint density at radius 3 is 2.58 bits per heavy atom. The second kappa shape index (κ2) is 6.42. The lowest BCUT2D eigenvalue weighted by molar-refractivity contribution is -0.0152. The Balaban J connectivity index is 1.98. The molecule has 1 aromatic carbocycles. The van der Waals surface area contributed by atoms with Gasteiger partial charge in [-0.2, -0.15) is 0 Å². The molecule has 0 radical (unpaired) electrons. The van der Waals surface area contributed by atoms with Gasteiger partial charge in [-0.15, -0.1) is 0 Å². The number of nitrogens with one attached hydrogen (secondary N) is 1. The topological polar surface area (TPSA) is 21.3 Å². The zero-order chi connectivity index (χ0) is 13.7. The van der Waals surface area contributed by atoms with Crippen LogP contribution in [0.25, 0.3) is 0 Å². The van der Waals surface area contributed by atoms with Gasteiger partial charge in [-0.3, -0.25) is 0 Å². The van der Waals surface area contributed by atoms with Crippen molar-refractivity contribution in [3.8, 4) is 5.75 Å². The number of hydrogen-bond donors (Lipinski definition) is 1. The summed E-state index contributed by atoms with van der Waals surface area (Å²) in [6.45, 7) is 7.63. The van der Waals surface area contributed by atoms with E-state index in [9.17, 15) is 0 Å².